The van der Waals surface area contributed by atoms with Crippen molar-refractivity contribution in [3.63, 3.8) is 0 Å². The SMILES string of the molecule is C=C1CCC(N2Cc3c(Nc4ccnc(N(CC)Cc5ccccc5)n4)cccc3C2=O)C(=O)N1. The molecule has 1 saturated heterocycles. The van der Waals surface area contributed by atoms with Crippen LogP contribution in [0.4, 0.5) is 17.5 Å². The molecule has 0 radical (unpaired) electrons. The molecule has 2 aliphatic heterocycles. The number of piperidine rings is 1. The van der Waals surface area contributed by atoms with Crippen LogP contribution in [0.2, 0.25) is 0 Å². The Bertz CT molecular complexity index is 1280. The van der Waals surface area contributed by atoms with Crippen molar-refractivity contribution >= 4 is 29.3 Å². The van der Waals surface area contributed by atoms with E-state index in [1.165, 1.54) is 5.56 Å². The van der Waals surface area contributed by atoms with Gasteiger partial charge < -0.3 is 20.4 Å². The Morgan fingerprint density at radius 1 is 1.14 bits per heavy atom. The number of fused-ring (bicyclic) bond motifs is 1. The molecule has 3 aromatic rings. The first kappa shape index (κ1) is 22.6. The van der Waals surface area contributed by atoms with E-state index in [9.17, 15) is 9.59 Å². The van der Waals surface area contributed by atoms with Gasteiger partial charge in [0.05, 0.1) is 0 Å². The van der Waals surface area contributed by atoms with Crippen molar-refractivity contribution in [1.29, 1.82) is 0 Å². The molecule has 8 nitrogen and oxygen atoms in total. The molecular formula is C27H28N6O2. The number of carbonyl (C=O) groups is 2. The molecule has 0 aliphatic carbocycles. The molecule has 0 saturated carbocycles. The molecule has 2 aromatic carbocycles. The number of allylic oxidation sites excluding steroid dienone is 1. The lowest BCUT2D eigenvalue weighted by molar-refractivity contribution is -0.126. The van der Waals surface area contributed by atoms with Crippen LogP contribution in [-0.2, 0) is 17.9 Å². The van der Waals surface area contributed by atoms with Crippen molar-refractivity contribution < 1.29 is 9.59 Å². The van der Waals surface area contributed by atoms with Crippen molar-refractivity contribution in [3.05, 3.63) is 89.8 Å². The van der Waals surface area contributed by atoms with Gasteiger partial charge in [-0.15, -0.1) is 0 Å². The van der Waals surface area contributed by atoms with E-state index in [0.717, 1.165) is 17.8 Å². The first-order chi connectivity index (χ1) is 17.0. The number of hydrogen-bond acceptors (Lipinski definition) is 6. The Morgan fingerprint density at radius 3 is 2.74 bits per heavy atom. The Balaban J connectivity index is 1.36. The molecular weight excluding hydrogens is 440 g/mol. The second-order valence-corrected chi connectivity index (χ2v) is 8.78. The fraction of sp³-hybridized carbons (Fsp3) is 0.259. The fourth-order valence-electron chi connectivity index (χ4n) is 4.62. The van der Waals surface area contributed by atoms with Gasteiger partial charge in [-0.1, -0.05) is 43.0 Å². The Hall–Kier alpha value is -4.20. The highest BCUT2D eigenvalue weighted by Gasteiger charge is 2.39. The number of nitrogens with zero attached hydrogens (tertiary/aromatic N) is 4. The zero-order chi connectivity index (χ0) is 24.4. The van der Waals surface area contributed by atoms with Gasteiger partial charge in [0, 0.05) is 48.3 Å². The summed E-state index contributed by atoms with van der Waals surface area (Å²) in [5.74, 6) is 0.980. The van der Waals surface area contributed by atoms with Gasteiger partial charge in [0.2, 0.25) is 11.9 Å². The largest absolute Gasteiger partial charge is 0.340 e. The molecule has 35 heavy (non-hydrogen) atoms. The average Bonchev–Trinajstić information content (AvgIpc) is 3.20. The van der Waals surface area contributed by atoms with Crippen molar-refractivity contribution in [2.75, 3.05) is 16.8 Å². The lowest BCUT2D eigenvalue weighted by Crippen LogP contribution is -2.49. The molecule has 178 valence electrons. The number of rotatable bonds is 7. The number of amides is 2. The first-order valence-electron chi connectivity index (χ1n) is 11.8. The Morgan fingerprint density at radius 2 is 1.97 bits per heavy atom. The maximum Gasteiger partial charge on any atom is 0.255 e. The van der Waals surface area contributed by atoms with E-state index in [4.69, 9.17) is 4.98 Å². The molecule has 3 heterocycles. The number of carbonyl (C=O) groups excluding carboxylic acids is 2. The van der Waals surface area contributed by atoms with Gasteiger partial charge >= 0.3 is 0 Å². The third-order valence-electron chi connectivity index (χ3n) is 6.48. The topological polar surface area (TPSA) is 90.5 Å². The van der Waals surface area contributed by atoms with E-state index in [-0.39, 0.29) is 11.8 Å². The molecule has 1 fully saturated rings. The molecule has 5 rings (SSSR count). The standard InChI is InChI=1S/C27H28N6O2/c1-3-32(16-19-8-5-4-6-9-19)27-28-15-14-24(31-27)30-22-11-7-10-20-21(22)17-33(26(20)35)23-13-12-18(2)29-25(23)34/h4-11,14-15,23H,2-3,12-13,16-17H2,1H3,(H,29,34)(H,28,30,31). The summed E-state index contributed by atoms with van der Waals surface area (Å²) in [5.41, 5.74) is 4.17. The van der Waals surface area contributed by atoms with Crippen LogP contribution >= 0.6 is 0 Å². The van der Waals surface area contributed by atoms with Gasteiger partial charge in [-0.25, -0.2) is 4.98 Å². The predicted molar refractivity (Wildman–Crippen MR) is 135 cm³/mol. The smallest absolute Gasteiger partial charge is 0.255 e. The third-order valence-corrected chi connectivity index (χ3v) is 6.48. The van der Waals surface area contributed by atoms with E-state index in [0.29, 0.717) is 49.0 Å². The predicted octanol–water partition coefficient (Wildman–Crippen LogP) is 3.99. The second kappa shape index (κ2) is 9.58. The molecule has 0 bridgehead atoms. The first-order valence-corrected chi connectivity index (χ1v) is 11.8. The summed E-state index contributed by atoms with van der Waals surface area (Å²) in [6.45, 7) is 7.75. The molecule has 2 aliphatic rings. The van der Waals surface area contributed by atoms with Crippen LogP contribution in [0.1, 0.15) is 41.3 Å². The summed E-state index contributed by atoms with van der Waals surface area (Å²) in [5, 5.41) is 6.16. The number of nitrogens with one attached hydrogen (secondary N) is 2. The molecule has 1 aromatic heterocycles. The second-order valence-electron chi connectivity index (χ2n) is 8.78. The van der Waals surface area contributed by atoms with Crippen molar-refractivity contribution in [2.24, 2.45) is 0 Å². The number of benzene rings is 2. The monoisotopic (exact) mass is 468 g/mol. The Kier molecular flexibility index (Phi) is 6.18. The average molecular weight is 469 g/mol. The summed E-state index contributed by atoms with van der Waals surface area (Å²) < 4.78 is 0. The quantitative estimate of drug-likeness (QED) is 0.545. The van der Waals surface area contributed by atoms with E-state index in [1.54, 1.807) is 11.1 Å². The number of anilines is 3. The van der Waals surface area contributed by atoms with Crippen LogP contribution < -0.4 is 15.5 Å². The minimum atomic E-state index is -0.491. The van der Waals surface area contributed by atoms with E-state index in [1.807, 2.05) is 42.5 Å². The summed E-state index contributed by atoms with van der Waals surface area (Å²) in [7, 11) is 0. The van der Waals surface area contributed by atoms with Crippen LogP contribution in [0.15, 0.2) is 73.1 Å². The van der Waals surface area contributed by atoms with Gasteiger partial charge in [-0.2, -0.15) is 4.98 Å². The lowest BCUT2D eigenvalue weighted by atomic mass is 10.0. The molecule has 8 heteroatoms. The highest BCUT2D eigenvalue weighted by atomic mass is 16.2. The Labute approximate surface area is 204 Å². The molecule has 2 N–H and O–H groups in total. The van der Waals surface area contributed by atoms with E-state index >= 15 is 0 Å². The van der Waals surface area contributed by atoms with Gasteiger partial charge in [0.25, 0.3) is 5.91 Å². The van der Waals surface area contributed by atoms with Crippen LogP contribution in [-0.4, -0.2) is 39.3 Å². The summed E-state index contributed by atoms with van der Waals surface area (Å²) in [4.78, 5) is 38.7. The number of aromatic nitrogens is 2. The van der Waals surface area contributed by atoms with Crippen LogP contribution in [0, 0.1) is 0 Å². The zero-order valence-corrected chi connectivity index (χ0v) is 19.7. The summed E-state index contributed by atoms with van der Waals surface area (Å²) in [6, 6.07) is 17.1. The van der Waals surface area contributed by atoms with Gasteiger partial charge in [-0.3, -0.25) is 9.59 Å². The maximum absolute atomic E-state index is 13.1. The van der Waals surface area contributed by atoms with Crippen molar-refractivity contribution in [2.45, 2.75) is 38.9 Å². The summed E-state index contributed by atoms with van der Waals surface area (Å²) in [6.07, 6.45) is 2.98. The molecule has 2 amide bonds. The molecule has 1 unspecified atom stereocenters. The maximum atomic E-state index is 13.1. The zero-order valence-electron chi connectivity index (χ0n) is 19.7. The minimum absolute atomic E-state index is 0.125. The summed E-state index contributed by atoms with van der Waals surface area (Å²) >= 11 is 0. The van der Waals surface area contributed by atoms with Crippen LogP contribution in [0.5, 0.6) is 0 Å². The van der Waals surface area contributed by atoms with Gasteiger partial charge in [0.15, 0.2) is 0 Å². The lowest BCUT2D eigenvalue weighted by Gasteiger charge is -2.31. The van der Waals surface area contributed by atoms with E-state index in [2.05, 4.69) is 46.2 Å². The normalized spacial score (nSPS) is 17.2. The van der Waals surface area contributed by atoms with Crippen LogP contribution in [0.3, 0.4) is 0 Å². The minimum Gasteiger partial charge on any atom is -0.340 e. The van der Waals surface area contributed by atoms with Crippen molar-refractivity contribution in [1.82, 2.24) is 20.2 Å². The highest BCUT2D eigenvalue weighted by molar-refractivity contribution is 6.03. The highest BCUT2D eigenvalue weighted by Crippen LogP contribution is 2.34. The van der Waals surface area contributed by atoms with E-state index < -0.39 is 6.04 Å². The molecule has 1 atom stereocenters. The van der Waals surface area contributed by atoms with Gasteiger partial charge in [0.1, 0.15) is 11.9 Å². The van der Waals surface area contributed by atoms with Crippen molar-refractivity contribution in [3.8, 4) is 0 Å². The number of hydrogen-bond donors (Lipinski definition) is 2. The fourth-order valence-corrected chi connectivity index (χ4v) is 4.62. The third kappa shape index (κ3) is 4.59. The van der Waals surface area contributed by atoms with Crippen LogP contribution in [0.25, 0.3) is 0 Å². The van der Waals surface area contributed by atoms with Gasteiger partial charge in [-0.05, 0) is 43.5 Å². The molecule has 0 spiro atoms.